The first-order chi connectivity index (χ1) is 12.4. The Bertz CT molecular complexity index is 792. The standard InChI is InChI=1S/C21H25NO3S/c1-13(2)15-5-7-17(8-6-15)22-20(23)12-25-21(24)19-11-16-10-14(3)4-9-18(16)26-19/h5-8,11,13-14H,4,9-10,12H2,1-3H3,(H,22,23)/t14-/m0/s1. The van der Waals surface area contributed by atoms with Gasteiger partial charge in [0.25, 0.3) is 5.91 Å². The Labute approximate surface area is 158 Å². The third-order valence-corrected chi connectivity index (χ3v) is 5.94. The number of anilines is 1. The fraction of sp³-hybridized carbons (Fsp3) is 0.429. The van der Waals surface area contributed by atoms with Crippen molar-refractivity contribution in [3.8, 4) is 0 Å². The number of aryl methyl sites for hydroxylation is 1. The lowest BCUT2D eigenvalue weighted by atomic mass is 9.90. The van der Waals surface area contributed by atoms with Gasteiger partial charge in [0.05, 0.1) is 0 Å². The molecule has 3 rings (SSSR count). The van der Waals surface area contributed by atoms with E-state index in [1.807, 2.05) is 30.3 Å². The van der Waals surface area contributed by atoms with Crippen LogP contribution in [-0.4, -0.2) is 18.5 Å². The predicted molar refractivity (Wildman–Crippen MR) is 105 cm³/mol. The molecule has 138 valence electrons. The number of fused-ring (bicyclic) bond motifs is 1. The van der Waals surface area contributed by atoms with E-state index in [1.165, 1.54) is 33.8 Å². The van der Waals surface area contributed by atoms with Gasteiger partial charge in [0.2, 0.25) is 0 Å². The Morgan fingerprint density at radius 2 is 2.00 bits per heavy atom. The Morgan fingerprint density at radius 1 is 1.27 bits per heavy atom. The third-order valence-electron chi connectivity index (χ3n) is 4.73. The minimum atomic E-state index is -0.414. The van der Waals surface area contributed by atoms with Gasteiger partial charge in [-0.2, -0.15) is 0 Å². The van der Waals surface area contributed by atoms with Gasteiger partial charge < -0.3 is 10.1 Å². The van der Waals surface area contributed by atoms with Gasteiger partial charge in [-0.15, -0.1) is 11.3 Å². The normalized spacial score (nSPS) is 16.2. The van der Waals surface area contributed by atoms with Crippen molar-refractivity contribution in [2.45, 2.75) is 46.0 Å². The maximum atomic E-state index is 12.2. The summed E-state index contributed by atoms with van der Waals surface area (Å²) in [5, 5.41) is 2.76. The zero-order valence-corrected chi connectivity index (χ0v) is 16.3. The van der Waals surface area contributed by atoms with Crippen LogP contribution in [0, 0.1) is 5.92 Å². The maximum absolute atomic E-state index is 12.2. The summed E-state index contributed by atoms with van der Waals surface area (Å²) in [5.74, 6) is 0.363. The van der Waals surface area contributed by atoms with Crippen LogP contribution in [0.5, 0.6) is 0 Å². The van der Waals surface area contributed by atoms with Crippen molar-refractivity contribution < 1.29 is 14.3 Å². The Kier molecular flexibility index (Phi) is 5.77. The number of hydrogen-bond donors (Lipinski definition) is 1. The van der Waals surface area contributed by atoms with Crippen molar-refractivity contribution in [1.29, 1.82) is 0 Å². The van der Waals surface area contributed by atoms with Gasteiger partial charge in [-0.25, -0.2) is 4.79 Å². The second-order valence-electron chi connectivity index (χ2n) is 7.31. The molecule has 5 heteroatoms. The largest absolute Gasteiger partial charge is 0.451 e. The molecule has 1 atom stereocenters. The van der Waals surface area contributed by atoms with Crippen LogP contribution >= 0.6 is 11.3 Å². The summed E-state index contributed by atoms with van der Waals surface area (Å²) in [5.41, 5.74) is 3.18. The van der Waals surface area contributed by atoms with Gasteiger partial charge in [0.1, 0.15) is 4.88 Å². The van der Waals surface area contributed by atoms with Crippen LogP contribution in [0.1, 0.15) is 58.8 Å². The molecule has 2 aromatic rings. The average Bonchev–Trinajstić information content (AvgIpc) is 3.03. The first-order valence-electron chi connectivity index (χ1n) is 9.11. The minimum absolute atomic E-state index is 0.274. The van der Waals surface area contributed by atoms with Crippen LogP contribution < -0.4 is 5.32 Å². The van der Waals surface area contributed by atoms with Crippen LogP contribution in [-0.2, 0) is 22.4 Å². The summed E-state index contributed by atoms with van der Waals surface area (Å²) < 4.78 is 5.19. The smallest absolute Gasteiger partial charge is 0.348 e. The van der Waals surface area contributed by atoms with E-state index in [2.05, 4.69) is 26.1 Å². The molecule has 26 heavy (non-hydrogen) atoms. The van der Waals surface area contributed by atoms with Crippen molar-refractivity contribution in [3.63, 3.8) is 0 Å². The SMILES string of the molecule is CC(C)c1ccc(NC(=O)COC(=O)c2cc3c(s2)CC[C@H](C)C3)cc1. The van der Waals surface area contributed by atoms with Crippen molar-refractivity contribution >= 4 is 28.9 Å². The van der Waals surface area contributed by atoms with Crippen molar-refractivity contribution in [1.82, 2.24) is 0 Å². The minimum Gasteiger partial charge on any atom is -0.451 e. The zero-order valence-electron chi connectivity index (χ0n) is 15.5. The van der Waals surface area contributed by atoms with Crippen LogP contribution in [0.25, 0.3) is 0 Å². The summed E-state index contributed by atoms with van der Waals surface area (Å²) >= 11 is 1.50. The number of rotatable bonds is 5. The fourth-order valence-corrected chi connectivity index (χ4v) is 4.26. The third kappa shape index (κ3) is 4.52. The molecule has 0 fully saturated rings. The monoisotopic (exact) mass is 371 g/mol. The van der Waals surface area contributed by atoms with E-state index in [9.17, 15) is 9.59 Å². The number of nitrogens with one attached hydrogen (secondary N) is 1. The quantitative estimate of drug-likeness (QED) is 0.769. The van der Waals surface area contributed by atoms with Crippen molar-refractivity contribution in [2.75, 3.05) is 11.9 Å². The molecule has 0 bridgehead atoms. The summed E-state index contributed by atoms with van der Waals surface area (Å²) in [6, 6.07) is 9.64. The number of thiophene rings is 1. The lowest BCUT2D eigenvalue weighted by molar-refractivity contribution is -0.119. The number of esters is 1. The summed E-state index contributed by atoms with van der Waals surface area (Å²) in [7, 11) is 0. The number of amides is 1. The summed E-state index contributed by atoms with van der Waals surface area (Å²) in [4.78, 5) is 26.1. The van der Waals surface area contributed by atoms with Gasteiger partial charge in [0.15, 0.2) is 6.61 Å². The topological polar surface area (TPSA) is 55.4 Å². The highest BCUT2D eigenvalue weighted by molar-refractivity contribution is 7.14. The van der Waals surface area contributed by atoms with Crippen LogP contribution in [0.15, 0.2) is 30.3 Å². The van der Waals surface area contributed by atoms with Crippen LogP contribution in [0.4, 0.5) is 5.69 Å². The second-order valence-corrected chi connectivity index (χ2v) is 8.44. The molecule has 1 aromatic heterocycles. The number of ether oxygens (including phenoxy) is 1. The highest BCUT2D eigenvalue weighted by atomic mass is 32.1. The van der Waals surface area contributed by atoms with E-state index in [-0.39, 0.29) is 12.5 Å². The van der Waals surface area contributed by atoms with E-state index in [0.717, 1.165) is 12.8 Å². The molecule has 1 heterocycles. The number of carbonyl (C=O) groups excluding carboxylic acids is 2. The van der Waals surface area contributed by atoms with Gasteiger partial charge >= 0.3 is 5.97 Å². The highest BCUT2D eigenvalue weighted by Crippen LogP contribution is 2.32. The molecule has 0 spiro atoms. The fourth-order valence-electron chi connectivity index (χ4n) is 3.16. The maximum Gasteiger partial charge on any atom is 0.348 e. The molecular formula is C21H25NO3S. The number of benzene rings is 1. The van der Waals surface area contributed by atoms with Crippen LogP contribution in [0.3, 0.4) is 0 Å². The molecule has 4 nitrogen and oxygen atoms in total. The summed E-state index contributed by atoms with van der Waals surface area (Å²) in [6.45, 7) is 6.20. The van der Waals surface area contributed by atoms with Crippen molar-refractivity contribution in [3.05, 3.63) is 51.2 Å². The van der Waals surface area contributed by atoms with Gasteiger partial charge in [-0.05, 0) is 60.4 Å². The van der Waals surface area contributed by atoms with E-state index in [0.29, 0.717) is 22.4 Å². The molecule has 0 saturated carbocycles. The summed E-state index contributed by atoms with van der Waals surface area (Å²) in [6.07, 6.45) is 3.22. The molecule has 0 unspecified atom stereocenters. The van der Waals surface area contributed by atoms with Gasteiger partial charge in [-0.3, -0.25) is 4.79 Å². The molecule has 1 aliphatic carbocycles. The molecule has 1 N–H and O–H groups in total. The average molecular weight is 372 g/mol. The molecule has 0 saturated heterocycles. The predicted octanol–water partition coefficient (Wildman–Crippen LogP) is 4.79. The van der Waals surface area contributed by atoms with E-state index in [1.54, 1.807) is 0 Å². The first kappa shape index (κ1) is 18.6. The van der Waals surface area contributed by atoms with Crippen LogP contribution in [0.2, 0.25) is 0 Å². The Morgan fingerprint density at radius 3 is 2.69 bits per heavy atom. The Hall–Kier alpha value is -2.14. The second kappa shape index (κ2) is 8.04. The molecule has 1 aliphatic rings. The Balaban J connectivity index is 1.52. The number of hydrogen-bond acceptors (Lipinski definition) is 4. The number of carbonyl (C=O) groups is 2. The molecular weight excluding hydrogens is 346 g/mol. The van der Waals surface area contributed by atoms with Crippen molar-refractivity contribution in [2.24, 2.45) is 5.92 Å². The first-order valence-corrected chi connectivity index (χ1v) is 9.92. The van der Waals surface area contributed by atoms with E-state index in [4.69, 9.17) is 4.74 Å². The van der Waals surface area contributed by atoms with E-state index >= 15 is 0 Å². The highest BCUT2D eigenvalue weighted by Gasteiger charge is 2.21. The molecule has 1 aromatic carbocycles. The molecule has 1 amide bonds. The lowest BCUT2D eigenvalue weighted by Gasteiger charge is -2.16. The van der Waals surface area contributed by atoms with Gasteiger partial charge in [-0.1, -0.05) is 32.9 Å². The zero-order chi connectivity index (χ0) is 18.7. The van der Waals surface area contributed by atoms with E-state index < -0.39 is 5.97 Å². The lowest BCUT2D eigenvalue weighted by Crippen LogP contribution is -2.20. The molecule has 0 aliphatic heterocycles. The molecule has 0 radical (unpaired) electrons. The van der Waals surface area contributed by atoms with Gasteiger partial charge in [0, 0.05) is 10.6 Å².